The molecule has 0 aliphatic carbocycles. The monoisotopic (exact) mass is 315 g/mol. The Morgan fingerprint density at radius 2 is 1.86 bits per heavy atom. The van der Waals surface area contributed by atoms with Crippen molar-refractivity contribution in [1.82, 2.24) is 0 Å². The number of thioether (sulfide) groups is 1. The second kappa shape index (κ2) is 13.1. The average Bonchev–Trinajstić information content (AvgIpc) is 2.82. The van der Waals surface area contributed by atoms with Gasteiger partial charge in [0.25, 0.3) is 0 Å². The standard InChI is InChI=1S/C16H17NS.2C2H6/c1-3-5-8-13(4-2)16-14-9-6-7-10-15(14)18-12-11-17-16;2*1-2/h3-10H,2,11-12H2,1H3;2*1-2H3/b5-3-,13-8+;;. The lowest BCUT2D eigenvalue weighted by atomic mass is 10.0. The maximum absolute atomic E-state index is 4.71. The molecule has 1 aromatic carbocycles. The van der Waals surface area contributed by atoms with Gasteiger partial charge in [0.05, 0.1) is 5.71 Å². The fraction of sp³-hybridized carbons (Fsp3) is 0.350. The quantitative estimate of drug-likeness (QED) is 0.594. The molecule has 1 nitrogen and oxygen atoms in total. The summed E-state index contributed by atoms with van der Waals surface area (Å²) >= 11 is 1.87. The van der Waals surface area contributed by atoms with E-state index in [2.05, 4.69) is 36.9 Å². The summed E-state index contributed by atoms with van der Waals surface area (Å²) in [6.07, 6.45) is 7.99. The van der Waals surface area contributed by atoms with Crippen LogP contribution >= 0.6 is 11.8 Å². The highest BCUT2D eigenvalue weighted by molar-refractivity contribution is 7.99. The van der Waals surface area contributed by atoms with Crippen molar-refractivity contribution in [1.29, 1.82) is 0 Å². The van der Waals surface area contributed by atoms with Crippen molar-refractivity contribution in [2.24, 2.45) is 4.99 Å². The van der Waals surface area contributed by atoms with E-state index in [1.54, 1.807) is 0 Å². The second-order valence-corrected chi connectivity index (χ2v) is 5.06. The summed E-state index contributed by atoms with van der Waals surface area (Å²) in [6.45, 7) is 14.8. The van der Waals surface area contributed by atoms with Crippen LogP contribution in [0.15, 0.2) is 70.6 Å². The maximum Gasteiger partial charge on any atom is 0.0730 e. The van der Waals surface area contributed by atoms with Crippen LogP contribution in [0.4, 0.5) is 0 Å². The minimum absolute atomic E-state index is 0.857. The molecule has 2 heteroatoms. The van der Waals surface area contributed by atoms with Gasteiger partial charge in [0, 0.05) is 22.8 Å². The molecule has 0 unspecified atom stereocenters. The predicted molar refractivity (Wildman–Crippen MR) is 104 cm³/mol. The highest BCUT2D eigenvalue weighted by Crippen LogP contribution is 2.27. The van der Waals surface area contributed by atoms with Crippen LogP contribution < -0.4 is 0 Å². The third kappa shape index (κ3) is 6.07. The molecular formula is C20H29NS. The number of fused-ring (bicyclic) bond motifs is 1. The number of hydrogen-bond donors (Lipinski definition) is 0. The molecule has 0 amide bonds. The molecule has 120 valence electrons. The molecule has 0 aromatic heterocycles. The number of nitrogens with zero attached hydrogens (tertiary/aromatic N) is 1. The van der Waals surface area contributed by atoms with E-state index in [9.17, 15) is 0 Å². The number of rotatable bonds is 3. The highest BCUT2D eigenvalue weighted by Gasteiger charge is 2.14. The fourth-order valence-electron chi connectivity index (χ4n) is 1.88. The zero-order valence-corrected chi connectivity index (χ0v) is 15.4. The maximum atomic E-state index is 4.71. The largest absolute Gasteiger partial charge is 0.283 e. The van der Waals surface area contributed by atoms with Crippen LogP contribution in [-0.4, -0.2) is 18.0 Å². The van der Waals surface area contributed by atoms with Gasteiger partial charge < -0.3 is 0 Å². The van der Waals surface area contributed by atoms with E-state index in [1.165, 1.54) is 10.5 Å². The molecule has 1 heterocycles. The molecule has 0 saturated heterocycles. The number of hydrogen-bond acceptors (Lipinski definition) is 2. The van der Waals surface area contributed by atoms with Gasteiger partial charge in [0.15, 0.2) is 0 Å². The minimum Gasteiger partial charge on any atom is -0.283 e. The van der Waals surface area contributed by atoms with E-state index in [4.69, 9.17) is 4.99 Å². The molecule has 1 aliphatic rings. The molecular weight excluding hydrogens is 286 g/mol. The average molecular weight is 316 g/mol. The smallest absolute Gasteiger partial charge is 0.0730 e. The van der Waals surface area contributed by atoms with E-state index >= 15 is 0 Å². The number of allylic oxidation sites excluding steroid dienone is 5. The van der Waals surface area contributed by atoms with Gasteiger partial charge in [-0.1, -0.05) is 76.8 Å². The van der Waals surface area contributed by atoms with Crippen LogP contribution in [0.2, 0.25) is 0 Å². The predicted octanol–water partition coefficient (Wildman–Crippen LogP) is 6.32. The summed E-state index contributed by atoms with van der Waals surface area (Å²) in [7, 11) is 0. The van der Waals surface area contributed by atoms with E-state index in [0.717, 1.165) is 23.6 Å². The van der Waals surface area contributed by atoms with Crippen LogP contribution in [0.1, 0.15) is 40.2 Å². The van der Waals surface area contributed by atoms with Crippen molar-refractivity contribution in [2.45, 2.75) is 39.5 Å². The summed E-state index contributed by atoms with van der Waals surface area (Å²) in [5, 5.41) is 0. The summed E-state index contributed by atoms with van der Waals surface area (Å²) in [6, 6.07) is 8.45. The van der Waals surface area contributed by atoms with Crippen molar-refractivity contribution >= 4 is 17.5 Å². The first-order valence-corrected chi connectivity index (χ1v) is 9.08. The summed E-state index contributed by atoms with van der Waals surface area (Å²) in [5.41, 5.74) is 3.36. The first-order chi connectivity index (χ1) is 10.9. The van der Waals surface area contributed by atoms with Gasteiger partial charge in [-0.05, 0) is 18.6 Å². The zero-order chi connectivity index (χ0) is 16.8. The molecule has 0 atom stereocenters. The first-order valence-electron chi connectivity index (χ1n) is 8.09. The van der Waals surface area contributed by atoms with Gasteiger partial charge in [-0.2, -0.15) is 0 Å². The Labute approximate surface area is 140 Å². The van der Waals surface area contributed by atoms with Gasteiger partial charge in [-0.15, -0.1) is 11.8 Å². The van der Waals surface area contributed by atoms with Crippen molar-refractivity contribution in [3.8, 4) is 0 Å². The topological polar surface area (TPSA) is 12.4 Å². The van der Waals surface area contributed by atoms with Gasteiger partial charge in [-0.25, -0.2) is 0 Å². The van der Waals surface area contributed by atoms with E-state index in [1.807, 2.05) is 64.6 Å². The van der Waals surface area contributed by atoms with Crippen LogP contribution in [0, 0.1) is 0 Å². The molecule has 0 radical (unpaired) electrons. The Hall–Kier alpha value is -1.54. The highest BCUT2D eigenvalue weighted by atomic mass is 32.2. The molecule has 0 bridgehead atoms. The summed E-state index contributed by atoms with van der Waals surface area (Å²) in [4.78, 5) is 6.02. The van der Waals surface area contributed by atoms with Gasteiger partial charge in [-0.3, -0.25) is 4.99 Å². The molecule has 22 heavy (non-hydrogen) atoms. The minimum atomic E-state index is 0.857. The van der Waals surface area contributed by atoms with Crippen LogP contribution in [-0.2, 0) is 0 Å². The lowest BCUT2D eigenvalue weighted by molar-refractivity contribution is 1.15. The normalized spacial score (nSPS) is 13.7. The van der Waals surface area contributed by atoms with Crippen molar-refractivity contribution in [3.05, 3.63) is 66.3 Å². The van der Waals surface area contributed by atoms with Crippen LogP contribution in [0.25, 0.3) is 0 Å². The molecule has 0 saturated carbocycles. The molecule has 2 rings (SSSR count). The third-order valence-electron chi connectivity index (χ3n) is 2.72. The zero-order valence-electron chi connectivity index (χ0n) is 14.6. The Balaban J connectivity index is 0.00000102. The number of aliphatic imine (C=N–C) groups is 1. The Kier molecular flexibility index (Phi) is 12.2. The van der Waals surface area contributed by atoms with Crippen molar-refractivity contribution in [2.75, 3.05) is 12.3 Å². The molecule has 0 N–H and O–H groups in total. The van der Waals surface area contributed by atoms with Gasteiger partial charge in [0.1, 0.15) is 0 Å². The van der Waals surface area contributed by atoms with Crippen LogP contribution in [0.5, 0.6) is 0 Å². The molecule has 0 spiro atoms. The summed E-state index contributed by atoms with van der Waals surface area (Å²) in [5.74, 6) is 1.04. The summed E-state index contributed by atoms with van der Waals surface area (Å²) < 4.78 is 0. The lowest BCUT2D eigenvalue weighted by Crippen LogP contribution is -2.04. The van der Waals surface area contributed by atoms with E-state index in [0.29, 0.717) is 0 Å². The Morgan fingerprint density at radius 3 is 2.50 bits per heavy atom. The number of benzene rings is 1. The van der Waals surface area contributed by atoms with Crippen molar-refractivity contribution in [3.63, 3.8) is 0 Å². The Bertz CT molecular complexity index is 524. The van der Waals surface area contributed by atoms with Crippen LogP contribution in [0.3, 0.4) is 0 Å². The third-order valence-corrected chi connectivity index (χ3v) is 3.78. The Morgan fingerprint density at radius 1 is 1.18 bits per heavy atom. The molecule has 1 aromatic rings. The fourth-order valence-corrected chi connectivity index (χ4v) is 2.77. The van der Waals surface area contributed by atoms with E-state index in [-0.39, 0.29) is 0 Å². The first kappa shape index (κ1) is 20.5. The molecule has 1 aliphatic heterocycles. The molecule has 0 fully saturated rings. The van der Waals surface area contributed by atoms with Gasteiger partial charge in [0.2, 0.25) is 0 Å². The van der Waals surface area contributed by atoms with Crippen molar-refractivity contribution < 1.29 is 0 Å². The van der Waals surface area contributed by atoms with E-state index < -0.39 is 0 Å². The SMILES string of the molecule is C=C/C(=C\C=C/C)C1=NCCSc2ccccc21.CC.CC. The van der Waals surface area contributed by atoms with Gasteiger partial charge >= 0.3 is 0 Å². The lowest BCUT2D eigenvalue weighted by Gasteiger charge is -2.09. The second-order valence-electron chi connectivity index (χ2n) is 3.93.